The Kier molecular flexibility index (Phi) is 2.64. The highest BCUT2D eigenvalue weighted by Gasteiger charge is 2.07. The number of fused-ring (bicyclic) bond motifs is 1. The van der Waals surface area contributed by atoms with Gasteiger partial charge in [0.25, 0.3) is 0 Å². The molecule has 0 saturated heterocycles. The number of benzene rings is 1. The van der Waals surface area contributed by atoms with Gasteiger partial charge in [0.05, 0.1) is 12.6 Å². The van der Waals surface area contributed by atoms with Crippen molar-refractivity contribution in [2.45, 2.75) is 0 Å². The van der Waals surface area contributed by atoms with Gasteiger partial charge in [0, 0.05) is 5.56 Å². The molecular formula is C13H10ClN3O. The number of aromatic nitrogens is 3. The van der Waals surface area contributed by atoms with Crippen molar-refractivity contribution in [3.8, 4) is 17.1 Å². The number of nitrogens with zero attached hydrogens (tertiary/aromatic N) is 2. The number of halogens is 1. The third kappa shape index (κ3) is 1.91. The Labute approximate surface area is 109 Å². The van der Waals surface area contributed by atoms with E-state index >= 15 is 0 Å². The van der Waals surface area contributed by atoms with Gasteiger partial charge in [-0.25, -0.2) is 9.97 Å². The summed E-state index contributed by atoms with van der Waals surface area (Å²) in [6.07, 6.45) is 0. The van der Waals surface area contributed by atoms with Gasteiger partial charge >= 0.3 is 0 Å². The number of H-pyrrole nitrogens is 1. The third-order valence-electron chi connectivity index (χ3n) is 2.66. The summed E-state index contributed by atoms with van der Waals surface area (Å²) in [4.78, 5) is 11.8. The molecule has 2 aromatic heterocycles. The number of hydrogen-bond acceptors (Lipinski definition) is 3. The highest BCUT2D eigenvalue weighted by Crippen LogP contribution is 2.23. The van der Waals surface area contributed by atoms with Crippen molar-refractivity contribution in [2.24, 2.45) is 0 Å². The van der Waals surface area contributed by atoms with Crippen LogP contribution in [-0.4, -0.2) is 22.1 Å². The van der Waals surface area contributed by atoms with E-state index in [0.717, 1.165) is 22.7 Å². The summed E-state index contributed by atoms with van der Waals surface area (Å²) in [7, 11) is 1.64. The van der Waals surface area contributed by atoms with Crippen LogP contribution in [0.2, 0.25) is 5.15 Å². The van der Waals surface area contributed by atoms with Gasteiger partial charge < -0.3 is 9.72 Å². The number of pyridine rings is 1. The summed E-state index contributed by atoms with van der Waals surface area (Å²) < 4.78 is 5.19. The molecule has 90 valence electrons. The third-order valence-corrected chi connectivity index (χ3v) is 2.87. The van der Waals surface area contributed by atoms with Crippen LogP contribution in [0.3, 0.4) is 0 Å². The molecule has 0 unspecified atom stereocenters. The van der Waals surface area contributed by atoms with E-state index in [0.29, 0.717) is 10.8 Å². The van der Waals surface area contributed by atoms with Gasteiger partial charge in [0.15, 0.2) is 5.65 Å². The zero-order chi connectivity index (χ0) is 12.5. The standard InChI is InChI=1S/C13H10ClN3O/c1-18-9-4-2-3-8(7-9)12-15-10-5-6-11(14)16-13(10)17-12/h2-7H,1H3,(H,15,16,17). The molecule has 0 bridgehead atoms. The molecule has 0 amide bonds. The predicted octanol–water partition coefficient (Wildman–Crippen LogP) is 3.29. The summed E-state index contributed by atoms with van der Waals surface area (Å²) in [6.45, 7) is 0. The summed E-state index contributed by atoms with van der Waals surface area (Å²) in [6, 6.07) is 11.3. The van der Waals surface area contributed by atoms with Gasteiger partial charge in [-0.2, -0.15) is 0 Å². The first-order valence-corrected chi connectivity index (χ1v) is 5.81. The Bertz CT molecular complexity index is 708. The number of methoxy groups -OCH3 is 1. The van der Waals surface area contributed by atoms with Crippen LogP contribution in [-0.2, 0) is 0 Å². The smallest absolute Gasteiger partial charge is 0.179 e. The normalized spacial score (nSPS) is 10.8. The number of imidazole rings is 1. The average molecular weight is 260 g/mol. The summed E-state index contributed by atoms with van der Waals surface area (Å²) >= 11 is 5.84. The zero-order valence-corrected chi connectivity index (χ0v) is 10.4. The molecule has 0 aliphatic heterocycles. The van der Waals surface area contributed by atoms with Crippen LogP contribution in [0.5, 0.6) is 5.75 Å². The Morgan fingerprint density at radius 3 is 2.89 bits per heavy atom. The summed E-state index contributed by atoms with van der Waals surface area (Å²) in [5.41, 5.74) is 2.42. The first-order chi connectivity index (χ1) is 8.76. The van der Waals surface area contributed by atoms with Gasteiger partial charge in [-0.3, -0.25) is 0 Å². The molecule has 5 heteroatoms. The van der Waals surface area contributed by atoms with E-state index in [2.05, 4.69) is 15.0 Å². The number of aromatic amines is 1. The van der Waals surface area contributed by atoms with Crippen LogP contribution in [0.25, 0.3) is 22.6 Å². The molecule has 0 saturated carbocycles. The van der Waals surface area contributed by atoms with Gasteiger partial charge in [-0.05, 0) is 24.3 Å². The fourth-order valence-electron chi connectivity index (χ4n) is 1.78. The van der Waals surface area contributed by atoms with Crippen LogP contribution >= 0.6 is 11.6 Å². The summed E-state index contributed by atoms with van der Waals surface area (Å²) in [5, 5.41) is 0.436. The second-order valence-corrected chi connectivity index (χ2v) is 4.21. The SMILES string of the molecule is COc1cccc(-c2nc3nc(Cl)ccc3[nH]2)c1. The Morgan fingerprint density at radius 1 is 1.17 bits per heavy atom. The van der Waals surface area contributed by atoms with Crippen molar-refractivity contribution in [1.29, 1.82) is 0 Å². The molecule has 4 nitrogen and oxygen atoms in total. The molecule has 3 aromatic rings. The van der Waals surface area contributed by atoms with Gasteiger partial charge in [-0.15, -0.1) is 0 Å². The van der Waals surface area contributed by atoms with E-state index in [1.54, 1.807) is 13.2 Å². The van der Waals surface area contributed by atoms with Crippen molar-refractivity contribution >= 4 is 22.8 Å². The molecule has 0 aliphatic rings. The number of nitrogens with one attached hydrogen (secondary N) is 1. The highest BCUT2D eigenvalue weighted by atomic mass is 35.5. The lowest BCUT2D eigenvalue weighted by Crippen LogP contribution is -1.84. The van der Waals surface area contributed by atoms with Crippen LogP contribution in [0, 0.1) is 0 Å². The van der Waals surface area contributed by atoms with Crippen molar-refractivity contribution in [3.63, 3.8) is 0 Å². The fraction of sp³-hybridized carbons (Fsp3) is 0.0769. The molecule has 18 heavy (non-hydrogen) atoms. The quantitative estimate of drug-likeness (QED) is 0.719. The lowest BCUT2D eigenvalue weighted by Gasteiger charge is -2.01. The molecule has 0 fully saturated rings. The Hall–Kier alpha value is -2.07. The van der Waals surface area contributed by atoms with E-state index in [-0.39, 0.29) is 0 Å². The minimum Gasteiger partial charge on any atom is -0.497 e. The molecule has 0 radical (unpaired) electrons. The van der Waals surface area contributed by atoms with Crippen LogP contribution in [0.15, 0.2) is 36.4 Å². The maximum Gasteiger partial charge on any atom is 0.179 e. The monoisotopic (exact) mass is 259 g/mol. The topological polar surface area (TPSA) is 50.8 Å². The van der Waals surface area contributed by atoms with E-state index in [1.165, 1.54) is 0 Å². The van der Waals surface area contributed by atoms with Crippen molar-refractivity contribution in [1.82, 2.24) is 15.0 Å². The van der Waals surface area contributed by atoms with E-state index in [4.69, 9.17) is 16.3 Å². The van der Waals surface area contributed by atoms with E-state index in [9.17, 15) is 0 Å². The fourth-order valence-corrected chi connectivity index (χ4v) is 1.92. The van der Waals surface area contributed by atoms with Crippen molar-refractivity contribution in [2.75, 3.05) is 7.11 Å². The maximum atomic E-state index is 5.84. The lowest BCUT2D eigenvalue weighted by molar-refractivity contribution is 0.415. The second-order valence-electron chi connectivity index (χ2n) is 3.82. The highest BCUT2D eigenvalue weighted by molar-refractivity contribution is 6.29. The Balaban J connectivity index is 2.13. The number of hydrogen-bond donors (Lipinski definition) is 1. The minimum absolute atomic E-state index is 0.436. The second kappa shape index (κ2) is 4.31. The first-order valence-electron chi connectivity index (χ1n) is 5.43. The average Bonchev–Trinajstić information content (AvgIpc) is 2.81. The molecular weight excluding hydrogens is 250 g/mol. The number of ether oxygens (including phenoxy) is 1. The number of rotatable bonds is 2. The molecule has 2 heterocycles. The van der Waals surface area contributed by atoms with E-state index < -0.39 is 0 Å². The molecule has 1 N–H and O–H groups in total. The zero-order valence-electron chi connectivity index (χ0n) is 9.64. The van der Waals surface area contributed by atoms with Crippen LogP contribution in [0.1, 0.15) is 0 Å². The van der Waals surface area contributed by atoms with Crippen molar-refractivity contribution in [3.05, 3.63) is 41.6 Å². The maximum absolute atomic E-state index is 5.84. The molecule has 0 aliphatic carbocycles. The van der Waals surface area contributed by atoms with Crippen LogP contribution < -0.4 is 4.74 Å². The Morgan fingerprint density at radius 2 is 2.06 bits per heavy atom. The van der Waals surface area contributed by atoms with Gasteiger partial charge in [-0.1, -0.05) is 23.7 Å². The first kappa shape index (κ1) is 11.0. The molecule has 0 atom stereocenters. The van der Waals surface area contributed by atoms with E-state index in [1.807, 2.05) is 30.3 Å². The molecule has 0 spiro atoms. The largest absolute Gasteiger partial charge is 0.497 e. The molecule has 3 rings (SSSR count). The van der Waals surface area contributed by atoms with Crippen LogP contribution in [0.4, 0.5) is 0 Å². The predicted molar refractivity (Wildman–Crippen MR) is 70.9 cm³/mol. The summed E-state index contributed by atoms with van der Waals surface area (Å²) in [5.74, 6) is 1.54. The van der Waals surface area contributed by atoms with Gasteiger partial charge in [0.1, 0.15) is 16.7 Å². The lowest BCUT2D eigenvalue weighted by atomic mass is 10.2. The minimum atomic E-state index is 0.436. The van der Waals surface area contributed by atoms with Gasteiger partial charge in [0.2, 0.25) is 0 Å². The molecule has 1 aromatic carbocycles. The van der Waals surface area contributed by atoms with Crippen molar-refractivity contribution < 1.29 is 4.74 Å².